The highest BCUT2D eigenvalue weighted by atomic mass is 32.2. The zero-order valence-corrected chi connectivity index (χ0v) is 9.19. The number of rotatable bonds is 0. The van der Waals surface area contributed by atoms with Crippen molar-refractivity contribution in [2.75, 3.05) is 0 Å². The molecule has 0 aliphatic carbocycles. The molecule has 0 fully saturated rings. The van der Waals surface area contributed by atoms with Gasteiger partial charge in [-0.05, 0) is 0 Å². The van der Waals surface area contributed by atoms with Gasteiger partial charge in [0, 0.05) is 22.6 Å². The maximum Gasteiger partial charge on any atom is 0.262 e. The Morgan fingerprint density at radius 1 is 1.57 bits per heavy atom. The van der Waals surface area contributed by atoms with Gasteiger partial charge in [0.25, 0.3) is 5.56 Å². The van der Waals surface area contributed by atoms with Crippen molar-refractivity contribution in [2.45, 2.75) is 23.9 Å². The third-order valence-electron chi connectivity index (χ3n) is 2.31. The fourth-order valence-electron chi connectivity index (χ4n) is 1.66. The minimum atomic E-state index is 0.114. The van der Waals surface area contributed by atoms with Crippen LogP contribution in [0.25, 0.3) is 10.9 Å². The van der Waals surface area contributed by atoms with Crippen molar-refractivity contribution in [3.05, 3.63) is 21.1 Å². The Morgan fingerprint density at radius 3 is 3.29 bits per heavy atom. The van der Waals surface area contributed by atoms with Gasteiger partial charge in [0.15, 0.2) is 5.16 Å². The van der Waals surface area contributed by atoms with Gasteiger partial charge in [0.05, 0.1) is 10.9 Å². The predicted molar refractivity (Wildman–Crippen MR) is 59.2 cm³/mol. The van der Waals surface area contributed by atoms with Gasteiger partial charge in [-0.25, -0.2) is 4.98 Å². The normalized spacial score (nSPS) is 20.2. The molecule has 3 rings (SSSR count). The molecule has 1 aliphatic heterocycles. The van der Waals surface area contributed by atoms with Crippen LogP contribution in [-0.4, -0.2) is 14.8 Å². The minimum absolute atomic E-state index is 0.114. The van der Waals surface area contributed by atoms with Crippen LogP contribution in [0.15, 0.2) is 20.7 Å². The summed E-state index contributed by atoms with van der Waals surface area (Å²) in [5.41, 5.74) is 0.955. The standard InChI is InChI=1S/C9H8N2OS2/c1-5-2-11-8(12)6-3-13-4-7(6)10-9(11)14-5/h3-5H,2H2,1H3. The average Bonchev–Trinajstić information content (AvgIpc) is 2.71. The van der Waals surface area contributed by atoms with Crippen LogP contribution in [0, 0.1) is 0 Å². The quantitative estimate of drug-likeness (QED) is 0.642. The second kappa shape index (κ2) is 2.84. The van der Waals surface area contributed by atoms with Gasteiger partial charge in [-0.3, -0.25) is 9.36 Å². The minimum Gasteiger partial charge on any atom is -0.286 e. The Bertz CT molecular complexity index is 557. The maximum absolute atomic E-state index is 11.9. The molecule has 0 bridgehead atoms. The summed E-state index contributed by atoms with van der Waals surface area (Å²) in [5, 5.41) is 5.90. The van der Waals surface area contributed by atoms with Crippen LogP contribution in [0.3, 0.4) is 0 Å². The number of thiophene rings is 1. The molecule has 0 radical (unpaired) electrons. The second-order valence-electron chi connectivity index (χ2n) is 3.41. The Balaban J connectivity index is 2.41. The number of aromatic nitrogens is 2. The zero-order chi connectivity index (χ0) is 9.71. The molecular weight excluding hydrogens is 216 g/mol. The van der Waals surface area contributed by atoms with E-state index in [1.807, 2.05) is 10.8 Å². The summed E-state index contributed by atoms with van der Waals surface area (Å²) >= 11 is 3.21. The second-order valence-corrected chi connectivity index (χ2v) is 5.56. The van der Waals surface area contributed by atoms with Crippen molar-refractivity contribution < 1.29 is 0 Å². The van der Waals surface area contributed by atoms with Crippen molar-refractivity contribution in [3.63, 3.8) is 0 Å². The summed E-state index contributed by atoms with van der Waals surface area (Å²) in [6.45, 7) is 2.91. The highest BCUT2D eigenvalue weighted by Gasteiger charge is 2.22. The molecule has 0 N–H and O–H groups in total. The molecule has 5 heteroatoms. The molecule has 3 nitrogen and oxygen atoms in total. The van der Waals surface area contributed by atoms with E-state index in [-0.39, 0.29) is 5.56 Å². The SMILES string of the molecule is CC1Cn2c(nc3cscc3c2=O)S1. The van der Waals surface area contributed by atoms with Gasteiger partial charge >= 0.3 is 0 Å². The molecular formula is C9H8N2OS2. The van der Waals surface area contributed by atoms with Crippen LogP contribution in [0.4, 0.5) is 0 Å². The highest BCUT2D eigenvalue weighted by Crippen LogP contribution is 2.29. The first-order chi connectivity index (χ1) is 6.75. The molecule has 0 saturated heterocycles. The summed E-state index contributed by atoms with van der Waals surface area (Å²) in [6, 6.07) is 0. The van der Waals surface area contributed by atoms with Crippen LogP contribution in [-0.2, 0) is 6.54 Å². The molecule has 72 valence electrons. The number of thioether (sulfide) groups is 1. The van der Waals surface area contributed by atoms with Crippen molar-refractivity contribution >= 4 is 34.0 Å². The van der Waals surface area contributed by atoms with Crippen LogP contribution in [0.2, 0.25) is 0 Å². The molecule has 3 heterocycles. The lowest BCUT2D eigenvalue weighted by Gasteiger charge is -1.99. The summed E-state index contributed by atoms with van der Waals surface area (Å²) < 4.78 is 1.78. The molecule has 0 amide bonds. The lowest BCUT2D eigenvalue weighted by Crippen LogP contribution is -2.20. The summed E-state index contributed by atoms with van der Waals surface area (Å²) in [7, 11) is 0. The van der Waals surface area contributed by atoms with E-state index in [1.165, 1.54) is 11.3 Å². The van der Waals surface area contributed by atoms with E-state index in [2.05, 4.69) is 11.9 Å². The fraction of sp³-hybridized carbons (Fsp3) is 0.333. The molecule has 1 unspecified atom stereocenters. The molecule has 2 aromatic heterocycles. The van der Waals surface area contributed by atoms with E-state index in [9.17, 15) is 4.79 Å². The predicted octanol–water partition coefficient (Wildman–Crippen LogP) is 1.95. The van der Waals surface area contributed by atoms with Crippen LogP contribution in [0.5, 0.6) is 0 Å². The molecule has 14 heavy (non-hydrogen) atoms. The van der Waals surface area contributed by atoms with E-state index >= 15 is 0 Å². The van der Waals surface area contributed by atoms with E-state index in [1.54, 1.807) is 16.3 Å². The van der Waals surface area contributed by atoms with Crippen molar-refractivity contribution in [2.24, 2.45) is 0 Å². The molecule has 0 spiro atoms. The molecule has 2 aromatic rings. The van der Waals surface area contributed by atoms with E-state index in [4.69, 9.17) is 0 Å². The van der Waals surface area contributed by atoms with Gasteiger partial charge in [0.2, 0.25) is 0 Å². The largest absolute Gasteiger partial charge is 0.286 e. The zero-order valence-electron chi connectivity index (χ0n) is 7.56. The topological polar surface area (TPSA) is 34.9 Å². The van der Waals surface area contributed by atoms with Gasteiger partial charge in [-0.1, -0.05) is 18.7 Å². The first-order valence-electron chi connectivity index (χ1n) is 4.39. The molecule has 0 aromatic carbocycles. The van der Waals surface area contributed by atoms with E-state index in [0.29, 0.717) is 5.25 Å². The highest BCUT2D eigenvalue weighted by molar-refractivity contribution is 7.99. The smallest absolute Gasteiger partial charge is 0.262 e. The number of fused-ring (bicyclic) bond motifs is 2. The Morgan fingerprint density at radius 2 is 2.43 bits per heavy atom. The number of hydrogen-bond acceptors (Lipinski definition) is 4. The Hall–Kier alpha value is -0.810. The van der Waals surface area contributed by atoms with E-state index in [0.717, 1.165) is 22.6 Å². The Labute approximate surface area is 88.8 Å². The van der Waals surface area contributed by atoms with Crippen molar-refractivity contribution in [1.29, 1.82) is 0 Å². The van der Waals surface area contributed by atoms with Gasteiger partial charge in [-0.15, -0.1) is 11.3 Å². The Kier molecular flexibility index (Phi) is 1.72. The fourth-order valence-corrected chi connectivity index (χ4v) is 3.41. The maximum atomic E-state index is 11.9. The monoisotopic (exact) mass is 224 g/mol. The van der Waals surface area contributed by atoms with Crippen molar-refractivity contribution in [3.8, 4) is 0 Å². The van der Waals surface area contributed by atoms with Gasteiger partial charge in [-0.2, -0.15) is 0 Å². The number of nitrogens with zero attached hydrogens (tertiary/aromatic N) is 2. The molecule has 1 atom stereocenters. The first kappa shape index (κ1) is 8.49. The molecule has 1 aliphatic rings. The summed E-state index contributed by atoms with van der Waals surface area (Å²) in [5.74, 6) is 0. The van der Waals surface area contributed by atoms with Crippen LogP contribution < -0.4 is 5.56 Å². The lowest BCUT2D eigenvalue weighted by atomic mass is 10.4. The number of hydrogen-bond donors (Lipinski definition) is 0. The first-order valence-corrected chi connectivity index (χ1v) is 6.21. The van der Waals surface area contributed by atoms with Gasteiger partial charge in [0.1, 0.15) is 0 Å². The molecule has 0 saturated carbocycles. The summed E-state index contributed by atoms with van der Waals surface area (Å²) in [4.78, 5) is 16.4. The average molecular weight is 224 g/mol. The third-order valence-corrected chi connectivity index (χ3v) is 4.12. The van der Waals surface area contributed by atoms with E-state index < -0.39 is 0 Å². The summed E-state index contributed by atoms with van der Waals surface area (Å²) in [6.07, 6.45) is 0. The third kappa shape index (κ3) is 1.05. The van der Waals surface area contributed by atoms with Crippen molar-refractivity contribution in [1.82, 2.24) is 9.55 Å². The van der Waals surface area contributed by atoms with Crippen LogP contribution in [0.1, 0.15) is 6.92 Å². The lowest BCUT2D eigenvalue weighted by molar-refractivity contribution is 0.629. The van der Waals surface area contributed by atoms with Crippen LogP contribution >= 0.6 is 23.1 Å². The van der Waals surface area contributed by atoms with Gasteiger partial charge < -0.3 is 0 Å².